The van der Waals surface area contributed by atoms with Crippen molar-refractivity contribution in [1.29, 1.82) is 0 Å². The third kappa shape index (κ3) is 5.67. The van der Waals surface area contributed by atoms with E-state index in [1.165, 1.54) is 0 Å². The van der Waals surface area contributed by atoms with Crippen molar-refractivity contribution < 1.29 is 19.1 Å². The average Bonchev–Trinajstić information content (AvgIpc) is 2.74. The fourth-order valence-corrected chi connectivity index (χ4v) is 2.51. The Labute approximate surface area is 167 Å². The molecule has 3 aromatic carbocycles. The molecule has 3 aromatic rings. The first-order valence-corrected chi connectivity index (χ1v) is 8.82. The molecule has 29 heavy (non-hydrogen) atoms. The molecule has 0 fully saturated rings. The SMILES string of the molecule is NC(=O)NCc1ccc(C(=O)Oc2ccc(NC(=O)c3ccccc3)cc2)cc1. The van der Waals surface area contributed by atoms with Crippen molar-refractivity contribution in [1.82, 2.24) is 5.32 Å². The van der Waals surface area contributed by atoms with E-state index in [1.54, 1.807) is 72.8 Å². The standard InChI is InChI=1S/C22H19N3O4/c23-22(28)24-14-15-6-8-17(9-7-15)21(27)29-19-12-10-18(11-13-19)25-20(26)16-4-2-1-3-5-16/h1-13H,14H2,(H,25,26)(H3,23,24,28). The summed E-state index contributed by atoms with van der Waals surface area (Å²) in [5, 5.41) is 5.25. The summed E-state index contributed by atoms with van der Waals surface area (Å²) < 4.78 is 5.34. The number of nitrogens with two attached hydrogens (primary N) is 1. The molecular weight excluding hydrogens is 370 g/mol. The lowest BCUT2D eigenvalue weighted by Gasteiger charge is -2.08. The minimum atomic E-state index is -0.614. The van der Waals surface area contributed by atoms with Gasteiger partial charge in [0.15, 0.2) is 0 Å². The van der Waals surface area contributed by atoms with Gasteiger partial charge in [-0.15, -0.1) is 0 Å². The number of amides is 3. The van der Waals surface area contributed by atoms with Gasteiger partial charge in [0.2, 0.25) is 0 Å². The number of anilines is 1. The number of ether oxygens (including phenoxy) is 1. The molecule has 0 spiro atoms. The number of carbonyl (C=O) groups excluding carboxylic acids is 3. The average molecular weight is 389 g/mol. The van der Waals surface area contributed by atoms with Gasteiger partial charge < -0.3 is 21.1 Å². The molecule has 0 atom stereocenters. The van der Waals surface area contributed by atoms with Crippen molar-refractivity contribution >= 4 is 23.6 Å². The largest absolute Gasteiger partial charge is 0.423 e. The molecule has 0 aliphatic rings. The monoisotopic (exact) mass is 389 g/mol. The van der Waals surface area contributed by atoms with Gasteiger partial charge in [0, 0.05) is 17.8 Å². The summed E-state index contributed by atoms with van der Waals surface area (Å²) in [6, 6.07) is 21.4. The van der Waals surface area contributed by atoms with Gasteiger partial charge in [0.25, 0.3) is 5.91 Å². The number of hydrogen-bond donors (Lipinski definition) is 3. The number of rotatable bonds is 6. The molecule has 0 unspecified atom stereocenters. The Balaban J connectivity index is 1.57. The van der Waals surface area contributed by atoms with E-state index in [9.17, 15) is 14.4 Å². The summed E-state index contributed by atoms with van der Waals surface area (Å²) in [6.45, 7) is 0.279. The lowest BCUT2D eigenvalue weighted by Crippen LogP contribution is -2.28. The molecule has 3 rings (SSSR count). The second-order valence-electron chi connectivity index (χ2n) is 6.15. The van der Waals surface area contributed by atoms with E-state index >= 15 is 0 Å². The molecule has 0 aliphatic carbocycles. The Morgan fingerprint density at radius 2 is 1.45 bits per heavy atom. The molecule has 3 amide bonds. The van der Waals surface area contributed by atoms with E-state index in [1.807, 2.05) is 6.07 Å². The number of primary amides is 1. The molecule has 0 saturated heterocycles. The first kappa shape index (κ1) is 19.6. The van der Waals surface area contributed by atoms with E-state index in [0.29, 0.717) is 22.6 Å². The maximum Gasteiger partial charge on any atom is 0.343 e. The number of urea groups is 1. The van der Waals surface area contributed by atoms with Crippen LogP contribution < -0.4 is 21.1 Å². The predicted octanol–water partition coefficient (Wildman–Crippen LogP) is 3.33. The van der Waals surface area contributed by atoms with Crippen LogP contribution in [0.5, 0.6) is 5.75 Å². The fraction of sp³-hybridized carbons (Fsp3) is 0.0455. The maximum absolute atomic E-state index is 12.3. The molecule has 0 radical (unpaired) electrons. The van der Waals surface area contributed by atoms with Crippen molar-refractivity contribution in [3.05, 3.63) is 95.6 Å². The Morgan fingerprint density at radius 3 is 2.07 bits per heavy atom. The number of benzene rings is 3. The van der Waals surface area contributed by atoms with E-state index in [-0.39, 0.29) is 12.5 Å². The zero-order valence-corrected chi connectivity index (χ0v) is 15.4. The third-order valence-electron chi connectivity index (χ3n) is 4.02. The summed E-state index contributed by atoms with van der Waals surface area (Å²) in [7, 11) is 0. The van der Waals surface area contributed by atoms with E-state index in [2.05, 4.69) is 10.6 Å². The number of esters is 1. The zero-order valence-electron chi connectivity index (χ0n) is 15.4. The highest BCUT2D eigenvalue weighted by molar-refractivity contribution is 6.04. The summed E-state index contributed by atoms with van der Waals surface area (Å²) in [4.78, 5) is 35.1. The Bertz CT molecular complexity index is 1000. The van der Waals surface area contributed by atoms with Crippen LogP contribution in [0.15, 0.2) is 78.9 Å². The topological polar surface area (TPSA) is 111 Å². The van der Waals surface area contributed by atoms with Crippen LogP contribution in [0, 0.1) is 0 Å². The molecule has 0 saturated carbocycles. The molecule has 7 heteroatoms. The molecule has 146 valence electrons. The molecule has 0 heterocycles. The van der Waals surface area contributed by atoms with Crippen LogP contribution in [0.25, 0.3) is 0 Å². The van der Waals surface area contributed by atoms with Crippen LogP contribution in [0.1, 0.15) is 26.3 Å². The van der Waals surface area contributed by atoms with Gasteiger partial charge in [-0.05, 0) is 54.1 Å². The van der Waals surface area contributed by atoms with Crippen LogP contribution in [0.3, 0.4) is 0 Å². The highest BCUT2D eigenvalue weighted by atomic mass is 16.5. The van der Waals surface area contributed by atoms with Crippen LogP contribution >= 0.6 is 0 Å². The molecule has 0 aromatic heterocycles. The Hall–Kier alpha value is -4.13. The van der Waals surface area contributed by atoms with Crippen molar-refractivity contribution in [2.24, 2.45) is 5.73 Å². The minimum Gasteiger partial charge on any atom is -0.423 e. The molecule has 4 N–H and O–H groups in total. The van der Waals surface area contributed by atoms with Gasteiger partial charge in [-0.2, -0.15) is 0 Å². The van der Waals surface area contributed by atoms with Crippen molar-refractivity contribution in [3.63, 3.8) is 0 Å². The number of nitrogens with one attached hydrogen (secondary N) is 2. The van der Waals surface area contributed by atoms with E-state index < -0.39 is 12.0 Å². The Morgan fingerprint density at radius 1 is 0.793 bits per heavy atom. The lowest BCUT2D eigenvalue weighted by molar-refractivity contribution is 0.0734. The summed E-state index contributed by atoms with van der Waals surface area (Å²) in [5.74, 6) is -0.381. The Kier molecular flexibility index (Phi) is 6.22. The van der Waals surface area contributed by atoms with Crippen LogP contribution in [-0.4, -0.2) is 17.9 Å². The van der Waals surface area contributed by atoms with Crippen molar-refractivity contribution in [2.75, 3.05) is 5.32 Å². The van der Waals surface area contributed by atoms with Crippen LogP contribution in [0.2, 0.25) is 0 Å². The van der Waals surface area contributed by atoms with Crippen LogP contribution in [-0.2, 0) is 6.54 Å². The molecule has 7 nitrogen and oxygen atoms in total. The minimum absolute atomic E-state index is 0.221. The lowest BCUT2D eigenvalue weighted by atomic mass is 10.1. The summed E-state index contributed by atoms with van der Waals surface area (Å²) in [6.07, 6.45) is 0. The van der Waals surface area contributed by atoms with E-state index in [4.69, 9.17) is 10.5 Å². The van der Waals surface area contributed by atoms with Gasteiger partial charge >= 0.3 is 12.0 Å². The molecule has 0 bridgehead atoms. The fourth-order valence-electron chi connectivity index (χ4n) is 2.51. The van der Waals surface area contributed by atoms with E-state index in [0.717, 1.165) is 5.56 Å². The number of carbonyl (C=O) groups is 3. The van der Waals surface area contributed by atoms with Gasteiger partial charge in [-0.1, -0.05) is 30.3 Å². The summed E-state index contributed by atoms with van der Waals surface area (Å²) >= 11 is 0. The molecule has 0 aliphatic heterocycles. The second-order valence-corrected chi connectivity index (χ2v) is 6.15. The first-order valence-electron chi connectivity index (χ1n) is 8.82. The quantitative estimate of drug-likeness (QED) is 0.444. The van der Waals surface area contributed by atoms with Gasteiger partial charge in [0.05, 0.1) is 5.56 Å². The smallest absolute Gasteiger partial charge is 0.343 e. The zero-order chi connectivity index (χ0) is 20.6. The first-order chi connectivity index (χ1) is 14.0. The van der Waals surface area contributed by atoms with Gasteiger partial charge in [-0.3, -0.25) is 4.79 Å². The third-order valence-corrected chi connectivity index (χ3v) is 4.02. The second kappa shape index (κ2) is 9.18. The van der Waals surface area contributed by atoms with Crippen molar-refractivity contribution in [3.8, 4) is 5.75 Å². The highest BCUT2D eigenvalue weighted by Crippen LogP contribution is 2.18. The highest BCUT2D eigenvalue weighted by Gasteiger charge is 2.10. The normalized spacial score (nSPS) is 10.1. The number of hydrogen-bond acceptors (Lipinski definition) is 4. The maximum atomic E-state index is 12.3. The van der Waals surface area contributed by atoms with Gasteiger partial charge in [-0.25, -0.2) is 9.59 Å². The van der Waals surface area contributed by atoms with Crippen molar-refractivity contribution in [2.45, 2.75) is 6.54 Å². The molecular formula is C22H19N3O4. The summed E-state index contributed by atoms with van der Waals surface area (Å²) in [5.41, 5.74) is 7.34. The van der Waals surface area contributed by atoms with Crippen LogP contribution in [0.4, 0.5) is 10.5 Å². The van der Waals surface area contributed by atoms with Gasteiger partial charge in [0.1, 0.15) is 5.75 Å². The predicted molar refractivity (Wildman–Crippen MR) is 109 cm³/mol.